The molecule has 0 spiro atoms. The van der Waals surface area contributed by atoms with Crippen LogP contribution in [0.5, 0.6) is 5.75 Å². The molecule has 138 valence electrons. The number of fused-ring (bicyclic) bond motifs is 1. The molecule has 0 unspecified atom stereocenters. The van der Waals surface area contributed by atoms with Gasteiger partial charge in [-0.1, -0.05) is 11.6 Å². The minimum atomic E-state index is -4.18. The summed E-state index contributed by atoms with van der Waals surface area (Å²) >= 11 is 7.37. The maximum Gasteiger partial charge on any atom is 0.279 e. The smallest absolute Gasteiger partial charge is 0.279 e. The van der Waals surface area contributed by atoms with Crippen LogP contribution in [0.2, 0.25) is 5.02 Å². The molecule has 0 aliphatic rings. The van der Waals surface area contributed by atoms with E-state index in [9.17, 15) is 13.2 Å². The highest BCUT2D eigenvalue weighted by molar-refractivity contribution is 7.92. The van der Waals surface area contributed by atoms with E-state index in [0.717, 1.165) is 4.88 Å². The lowest BCUT2D eigenvalue weighted by Gasteiger charge is -2.14. The molecule has 0 saturated carbocycles. The second-order valence-corrected chi connectivity index (χ2v) is 8.97. The van der Waals surface area contributed by atoms with Gasteiger partial charge in [0.25, 0.3) is 15.6 Å². The fraction of sp³-hybridized carbons (Fsp3) is 0.250. The van der Waals surface area contributed by atoms with Crippen LogP contribution in [0.25, 0.3) is 4.96 Å². The molecule has 3 aromatic rings. The van der Waals surface area contributed by atoms with Crippen LogP contribution in [0.3, 0.4) is 0 Å². The van der Waals surface area contributed by atoms with Gasteiger partial charge in [0, 0.05) is 22.2 Å². The second-order valence-electron chi connectivity index (χ2n) is 5.73. The molecule has 0 aliphatic carbocycles. The van der Waals surface area contributed by atoms with Crippen LogP contribution in [-0.2, 0) is 10.0 Å². The molecule has 1 aromatic carbocycles. The molecular weight excluding hydrogens is 398 g/mol. The van der Waals surface area contributed by atoms with E-state index in [1.54, 1.807) is 19.2 Å². The summed E-state index contributed by atoms with van der Waals surface area (Å²) in [5.41, 5.74) is 0.350. The van der Waals surface area contributed by atoms with Gasteiger partial charge in [0.2, 0.25) is 0 Å². The number of sulfonamides is 1. The van der Waals surface area contributed by atoms with Crippen molar-refractivity contribution in [2.45, 2.75) is 25.7 Å². The molecule has 10 heteroatoms. The summed E-state index contributed by atoms with van der Waals surface area (Å²) in [7, 11) is -2.78. The molecule has 7 nitrogen and oxygen atoms in total. The van der Waals surface area contributed by atoms with Gasteiger partial charge in [0.05, 0.1) is 18.5 Å². The van der Waals surface area contributed by atoms with Gasteiger partial charge in [0.1, 0.15) is 5.75 Å². The molecule has 0 saturated heterocycles. The van der Waals surface area contributed by atoms with Crippen molar-refractivity contribution in [3.63, 3.8) is 0 Å². The first kappa shape index (κ1) is 18.7. The number of anilines is 1. The summed E-state index contributed by atoms with van der Waals surface area (Å²) in [6.45, 7) is 5.05. The van der Waals surface area contributed by atoms with Crippen molar-refractivity contribution < 1.29 is 13.2 Å². The van der Waals surface area contributed by atoms with Crippen molar-refractivity contribution in [1.29, 1.82) is 0 Å². The van der Waals surface area contributed by atoms with E-state index >= 15 is 0 Å². The SMILES string of the molecule is COc1cc(Cl)c(C)cc1NS(=O)(=O)c1c(C)nc2sc(C)cn2c1=O. The van der Waals surface area contributed by atoms with E-state index in [1.807, 2.05) is 6.92 Å². The number of thiazole rings is 1. The highest BCUT2D eigenvalue weighted by Gasteiger charge is 2.26. The van der Waals surface area contributed by atoms with Crippen LogP contribution in [0.1, 0.15) is 16.1 Å². The third kappa shape index (κ3) is 3.17. The van der Waals surface area contributed by atoms with Crippen LogP contribution in [0.4, 0.5) is 5.69 Å². The Kier molecular flexibility index (Phi) is 4.72. The zero-order valence-electron chi connectivity index (χ0n) is 14.5. The zero-order chi connectivity index (χ0) is 19.2. The monoisotopic (exact) mass is 413 g/mol. The summed E-state index contributed by atoms with van der Waals surface area (Å²) in [6.07, 6.45) is 1.57. The van der Waals surface area contributed by atoms with Gasteiger partial charge in [-0.05, 0) is 32.4 Å². The standard InChI is InChI=1S/C16H16ClN3O4S2/c1-8-5-12(13(24-4)6-11(8)17)19-26(22,23)14-10(3)18-16-20(15(14)21)7-9(2)25-16/h5-7,19H,1-4H3. The Morgan fingerprint density at radius 1 is 1.27 bits per heavy atom. The summed E-state index contributed by atoms with van der Waals surface area (Å²) < 4.78 is 34.7. The highest BCUT2D eigenvalue weighted by atomic mass is 35.5. The lowest BCUT2D eigenvalue weighted by molar-refractivity contribution is 0.417. The lowest BCUT2D eigenvalue weighted by atomic mass is 10.2. The molecule has 3 rings (SSSR count). The minimum Gasteiger partial charge on any atom is -0.495 e. The van der Waals surface area contributed by atoms with Gasteiger partial charge in [-0.3, -0.25) is 13.9 Å². The molecule has 0 amide bonds. The average Bonchev–Trinajstić information content (AvgIpc) is 2.90. The van der Waals surface area contributed by atoms with Gasteiger partial charge in [-0.25, -0.2) is 13.4 Å². The number of aromatic nitrogens is 2. The number of aryl methyl sites for hydroxylation is 3. The van der Waals surface area contributed by atoms with E-state index in [0.29, 0.717) is 15.5 Å². The molecule has 0 atom stereocenters. The fourth-order valence-electron chi connectivity index (χ4n) is 2.55. The van der Waals surface area contributed by atoms with E-state index in [2.05, 4.69) is 9.71 Å². The van der Waals surface area contributed by atoms with Crippen LogP contribution >= 0.6 is 22.9 Å². The summed E-state index contributed by atoms with van der Waals surface area (Å²) in [5, 5.41) is 0.442. The number of nitrogens with zero attached hydrogens (tertiary/aromatic N) is 2. The largest absolute Gasteiger partial charge is 0.495 e. The predicted octanol–water partition coefficient (Wildman–Crippen LogP) is 3.14. The number of benzene rings is 1. The predicted molar refractivity (Wildman–Crippen MR) is 102 cm³/mol. The normalized spacial score (nSPS) is 11.7. The second kappa shape index (κ2) is 6.57. The summed E-state index contributed by atoms with van der Waals surface area (Å²) in [4.78, 5) is 17.9. The summed E-state index contributed by atoms with van der Waals surface area (Å²) in [5.74, 6) is 0.252. The maximum atomic E-state index is 12.9. The number of hydrogen-bond donors (Lipinski definition) is 1. The van der Waals surface area contributed by atoms with Crippen molar-refractivity contribution in [3.05, 3.63) is 49.8 Å². The topological polar surface area (TPSA) is 89.8 Å². The van der Waals surface area contributed by atoms with Gasteiger partial charge < -0.3 is 4.74 Å². The van der Waals surface area contributed by atoms with Crippen molar-refractivity contribution >= 4 is 43.6 Å². The third-order valence-corrected chi connectivity index (χ3v) is 6.57. The first-order valence-corrected chi connectivity index (χ1v) is 10.2. The third-order valence-electron chi connectivity index (χ3n) is 3.77. The number of nitrogens with one attached hydrogen (secondary N) is 1. The van der Waals surface area contributed by atoms with Crippen molar-refractivity contribution in [1.82, 2.24) is 9.38 Å². The number of methoxy groups -OCH3 is 1. The van der Waals surface area contributed by atoms with Gasteiger partial charge in [-0.2, -0.15) is 0 Å². The Bertz CT molecular complexity index is 1180. The van der Waals surface area contributed by atoms with Crippen LogP contribution in [0, 0.1) is 20.8 Å². The highest BCUT2D eigenvalue weighted by Crippen LogP contribution is 2.32. The first-order chi connectivity index (χ1) is 12.1. The number of rotatable bonds is 4. The molecule has 2 heterocycles. The van der Waals surface area contributed by atoms with Gasteiger partial charge in [-0.15, -0.1) is 11.3 Å². The lowest BCUT2D eigenvalue weighted by Crippen LogP contribution is -2.27. The number of halogens is 1. The first-order valence-electron chi connectivity index (χ1n) is 7.50. The molecule has 0 radical (unpaired) electrons. The van der Waals surface area contributed by atoms with E-state index in [1.165, 1.54) is 35.8 Å². The maximum absolute atomic E-state index is 12.9. The van der Waals surface area contributed by atoms with Crippen LogP contribution in [0.15, 0.2) is 28.0 Å². The Hall–Kier alpha value is -2.10. The van der Waals surface area contributed by atoms with Crippen LogP contribution < -0.4 is 15.0 Å². The quantitative estimate of drug-likeness (QED) is 0.709. The average molecular weight is 414 g/mol. The number of ether oxygens (including phenoxy) is 1. The van der Waals surface area contributed by atoms with E-state index < -0.39 is 20.5 Å². The molecule has 2 aromatic heterocycles. The summed E-state index contributed by atoms with van der Waals surface area (Å²) in [6, 6.07) is 3.06. The van der Waals surface area contributed by atoms with E-state index in [-0.39, 0.29) is 17.1 Å². The number of hydrogen-bond acceptors (Lipinski definition) is 6. The zero-order valence-corrected chi connectivity index (χ0v) is 16.8. The Labute approximate surface area is 159 Å². The van der Waals surface area contributed by atoms with Gasteiger partial charge >= 0.3 is 0 Å². The minimum absolute atomic E-state index is 0.133. The Morgan fingerprint density at radius 3 is 2.62 bits per heavy atom. The molecule has 0 fully saturated rings. The van der Waals surface area contributed by atoms with Crippen molar-refractivity contribution in [3.8, 4) is 5.75 Å². The fourth-order valence-corrected chi connectivity index (χ4v) is 4.88. The van der Waals surface area contributed by atoms with Gasteiger partial charge in [0.15, 0.2) is 9.86 Å². The molecule has 26 heavy (non-hydrogen) atoms. The van der Waals surface area contributed by atoms with Crippen molar-refractivity contribution in [2.24, 2.45) is 0 Å². The molecule has 0 bridgehead atoms. The Morgan fingerprint density at radius 2 is 1.96 bits per heavy atom. The van der Waals surface area contributed by atoms with E-state index in [4.69, 9.17) is 16.3 Å². The Balaban J connectivity index is 2.17. The molecule has 1 N–H and O–H groups in total. The van der Waals surface area contributed by atoms with Crippen molar-refractivity contribution in [2.75, 3.05) is 11.8 Å². The molecule has 0 aliphatic heterocycles. The molecular formula is C16H16ClN3O4S2. The van der Waals surface area contributed by atoms with Crippen LogP contribution in [-0.4, -0.2) is 24.9 Å².